The van der Waals surface area contributed by atoms with Crippen molar-refractivity contribution in [1.82, 2.24) is 5.16 Å². The second-order valence-electron chi connectivity index (χ2n) is 9.55. The zero-order valence-corrected chi connectivity index (χ0v) is 21.6. The molecule has 0 amide bonds. The number of aliphatic imine (C=N–C) groups is 1. The molecule has 2 heterocycles. The predicted octanol–water partition coefficient (Wildman–Crippen LogP) is 5.75. The van der Waals surface area contributed by atoms with Crippen LogP contribution in [0.15, 0.2) is 82.3 Å². The summed E-state index contributed by atoms with van der Waals surface area (Å²) in [6.45, 7) is 0.484. The van der Waals surface area contributed by atoms with Crippen molar-refractivity contribution in [3.8, 4) is 11.3 Å². The van der Waals surface area contributed by atoms with E-state index in [4.69, 9.17) is 14.3 Å². The first-order valence-electron chi connectivity index (χ1n) is 13.0. The molecule has 10 heteroatoms. The first-order chi connectivity index (χ1) is 19.4. The van der Waals surface area contributed by atoms with Gasteiger partial charge in [0.2, 0.25) is 0 Å². The molecule has 5 rings (SSSR count). The minimum atomic E-state index is -1.38. The van der Waals surface area contributed by atoms with Gasteiger partial charge in [0.15, 0.2) is 18.3 Å². The van der Waals surface area contributed by atoms with Crippen LogP contribution in [-0.2, 0) is 18.0 Å². The van der Waals surface area contributed by atoms with Crippen LogP contribution in [0, 0.1) is 11.6 Å². The normalized spacial score (nSPS) is 14.9. The highest BCUT2D eigenvalue weighted by molar-refractivity contribution is 6.01. The molecule has 0 saturated carbocycles. The highest BCUT2D eigenvalue weighted by Crippen LogP contribution is 2.39. The molecule has 8 nitrogen and oxygen atoms in total. The zero-order chi connectivity index (χ0) is 28.1. The van der Waals surface area contributed by atoms with Crippen molar-refractivity contribution in [2.24, 2.45) is 4.99 Å². The van der Waals surface area contributed by atoms with Crippen LogP contribution in [0.25, 0.3) is 11.3 Å². The topological polar surface area (TPSA) is 112 Å². The van der Waals surface area contributed by atoms with Crippen LogP contribution < -0.4 is 4.90 Å². The summed E-state index contributed by atoms with van der Waals surface area (Å²) in [5, 5.41) is 33.8. The summed E-state index contributed by atoms with van der Waals surface area (Å²) in [5.74, 6) is 0.407. The molecule has 208 valence electrons. The fourth-order valence-corrected chi connectivity index (χ4v) is 4.54. The summed E-state index contributed by atoms with van der Waals surface area (Å²) < 4.78 is 37.8. The Balaban J connectivity index is 1.34. The van der Waals surface area contributed by atoms with E-state index >= 15 is 0 Å². The lowest BCUT2D eigenvalue weighted by atomic mass is 10.0. The highest BCUT2D eigenvalue weighted by atomic mass is 19.1. The van der Waals surface area contributed by atoms with Gasteiger partial charge in [0.05, 0.1) is 12.3 Å². The summed E-state index contributed by atoms with van der Waals surface area (Å²) in [6, 6.07) is 19.1. The van der Waals surface area contributed by atoms with E-state index in [9.17, 15) is 24.1 Å². The van der Waals surface area contributed by atoms with Crippen molar-refractivity contribution in [3.63, 3.8) is 0 Å². The second kappa shape index (κ2) is 12.5. The average molecular weight is 550 g/mol. The number of halogens is 2. The van der Waals surface area contributed by atoms with Crippen LogP contribution in [0.3, 0.4) is 0 Å². The minimum Gasteiger partial charge on any atom is -0.369 e. The predicted molar refractivity (Wildman–Crippen MR) is 144 cm³/mol. The number of aromatic nitrogens is 1. The summed E-state index contributed by atoms with van der Waals surface area (Å²) in [6.07, 6.45) is -0.573. The van der Waals surface area contributed by atoms with Gasteiger partial charge in [-0.1, -0.05) is 29.4 Å². The molecule has 0 fully saturated rings. The molecule has 1 atom stereocenters. The Morgan fingerprint density at radius 3 is 2.35 bits per heavy atom. The van der Waals surface area contributed by atoms with E-state index in [1.54, 1.807) is 41.3 Å². The molecule has 0 spiro atoms. The van der Waals surface area contributed by atoms with Crippen molar-refractivity contribution < 1.29 is 33.4 Å². The molecule has 1 aliphatic rings. The van der Waals surface area contributed by atoms with Gasteiger partial charge >= 0.3 is 0 Å². The molecule has 40 heavy (non-hydrogen) atoms. The van der Waals surface area contributed by atoms with Gasteiger partial charge in [-0.3, -0.25) is 4.90 Å². The third-order valence-corrected chi connectivity index (χ3v) is 6.58. The molecule has 1 unspecified atom stereocenters. The lowest BCUT2D eigenvalue weighted by molar-refractivity contribution is -0.0464. The standard InChI is InChI=1S/C30H29F2N3O5/c31-21-8-5-19(6-9-21)17-39-18-24-16-26(34-40-24)20-7-14-25-27(15-20)33-28(3-1-2-4-29(36)37)35(30(25)38)23-12-10-22(32)11-13-23/h5-16,29-30,36-38H,1-4,17-18H2. The quantitative estimate of drug-likeness (QED) is 0.161. The van der Waals surface area contributed by atoms with Crippen molar-refractivity contribution in [3.05, 3.63) is 101 Å². The summed E-state index contributed by atoms with van der Waals surface area (Å²) in [4.78, 5) is 6.49. The highest BCUT2D eigenvalue weighted by Gasteiger charge is 2.30. The Bertz CT molecular complexity index is 1460. The molecule has 3 aromatic carbocycles. The van der Waals surface area contributed by atoms with Crippen molar-refractivity contribution in [1.29, 1.82) is 0 Å². The number of amidine groups is 1. The largest absolute Gasteiger partial charge is 0.369 e. The Hall–Kier alpha value is -3.96. The number of ether oxygens (including phenoxy) is 1. The van der Waals surface area contributed by atoms with Crippen LogP contribution in [0.5, 0.6) is 0 Å². The molecule has 1 aromatic heterocycles. The number of anilines is 1. The van der Waals surface area contributed by atoms with Gasteiger partial charge in [-0.25, -0.2) is 13.8 Å². The number of hydrogen-bond acceptors (Lipinski definition) is 8. The number of rotatable bonds is 11. The van der Waals surface area contributed by atoms with E-state index < -0.39 is 12.5 Å². The molecule has 1 aliphatic heterocycles. The maximum absolute atomic E-state index is 13.6. The molecule has 4 aromatic rings. The number of fused-ring (bicyclic) bond motifs is 1. The van der Waals surface area contributed by atoms with E-state index in [1.165, 1.54) is 24.3 Å². The Labute approximate surface area is 229 Å². The maximum Gasteiger partial charge on any atom is 0.163 e. The SMILES string of the molecule is OC(O)CCCCC1=Nc2cc(-c3cc(COCc4ccc(F)cc4)on3)ccc2C(O)N1c1ccc(F)cc1. The fraction of sp³-hybridized carbons (Fsp3) is 0.267. The number of unbranched alkanes of at least 4 members (excludes halogenated alkanes) is 1. The number of aliphatic hydroxyl groups excluding tert-OH is 2. The third-order valence-electron chi connectivity index (χ3n) is 6.58. The third kappa shape index (κ3) is 6.60. The monoisotopic (exact) mass is 549 g/mol. The van der Waals surface area contributed by atoms with E-state index in [2.05, 4.69) is 5.16 Å². The van der Waals surface area contributed by atoms with Gasteiger partial charge < -0.3 is 24.6 Å². The Morgan fingerprint density at radius 2 is 1.62 bits per heavy atom. The number of aliphatic hydroxyl groups is 3. The van der Waals surface area contributed by atoms with Crippen LogP contribution in [-0.4, -0.2) is 32.6 Å². The fourth-order valence-electron chi connectivity index (χ4n) is 4.54. The molecule has 0 aliphatic carbocycles. The van der Waals surface area contributed by atoms with Crippen molar-refractivity contribution in [2.45, 2.75) is 51.4 Å². The first kappa shape index (κ1) is 27.6. The Kier molecular flexibility index (Phi) is 8.61. The van der Waals surface area contributed by atoms with E-state index in [-0.39, 0.29) is 24.7 Å². The van der Waals surface area contributed by atoms with Gasteiger partial charge in [-0.2, -0.15) is 0 Å². The van der Waals surface area contributed by atoms with Crippen molar-refractivity contribution >= 4 is 17.2 Å². The maximum atomic E-state index is 13.6. The van der Waals surface area contributed by atoms with Gasteiger partial charge in [0.25, 0.3) is 0 Å². The van der Waals surface area contributed by atoms with Gasteiger partial charge in [0.1, 0.15) is 29.8 Å². The smallest absolute Gasteiger partial charge is 0.163 e. The zero-order valence-electron chi connectivity index (χ0n) is 21.6. The van der Waals surface area contributed by atoms with E-state index in [0.29, 0.717) is 60.1 Å². The Morgan fingerprint density at radius 1 is 0.900 bits per heavy atom. The van der Waals surface area contributed by atoms with Crippen LogP contribution in [0.2, 0.25) is 0 Å². The summed E-state index contributed by atoms with van der Waals surface area (Å²) in [5.41, 5.74) is 3.89. The number of nitrogens with zero attached hydrogens (tertiary/aromatic N) is 3. The van der Waals surface area contributed by atoms with Crippen molar-refractivity contribution in [2.75, 3.05) is 4.90 Å². The molecular formula is C30H29F2N3O5. The molecule has 3 N–H and O–H groups in total. The first-order valence-corrected chi connectivity index (χ1v) is 13.0. The average Bonchev–Trinajstić information content (AvgIpc) is 3.42. The molecule has 0 bridgehead atoms. The van der Waals surface area contributed by atoms with Crippen LogP contribution >= 0.6 is 0 Å². The lowest BCUT2D eigenvalue weighted by Gasteiger charge is -2.35. The van der Waals surface area contributed by atoms with Gasteiger partial charge in [-0.15, -0.1) is 0 Å². The van der Waals surface area contributed by atoms with E-state index in [1.807, 2.05) is 12.1 Å². The van der Waals surface area contributed by atoms with Gasteiger partial charge in [0, 0.05) is 29.3 Å². The van der Waals surface area contributed by atoms with Crippen LogP contribution in [0.1, 0.15) is 48.8 Å². The molecule has 0 radical (unpaired) electrons. The minimum absolute atomic E-state index is 0.186. The molecule has 0 saturated heterocycles. The second-order valence-corrected chi connectivity index (χ2v) is 9.55. The van der Waals surface area contributed by atoms with Crippen LogP contribution in [0.4, 0.5) is 20.2 Å². The number of hydrogen-bond donors (Lipinski definition) is 3. The molecular weight excluding hydrogens is 520 g/mol. The summed E-state index contributed by atoms with van der Waals surface area (Å²) >= 11 is 0. The lowest BCUT2D eigenvalue weighted by Crippen LogP contribution is -2.37. The summed E-state index contributed by atoms with van der Waals surface area (Å²) in [7, 11) is 0. The number of benzene rings is 3. The van der Waals surface area contributed by atoms with E-state index in [0.717, 1.165) is 11.1 Å². The van der Waals surface area contributed by atoms with Gasteiger partial charge in [-0.05, 0) is 67.3 Å².